The van der Waals surface area contributed by atoms with E-state index in [-0.39, 0.29) is 64.1 Å². The van der Waals surface area contributed by atoms with E-state index in [1.807, 2.05) is 4.08 Å². The van der Waals surface area contributed by atoms with Crippen LogP contribution in [0.15, 0.2) is 10.2 Å². The molecule has 0 saturated carbocycles. The summed E-state index contributed by atoms with van der Waals surface area (Å²) in [5.41, 5.74) is 0. The zero-order valence-corrected chi connectivity index (χ0v) is 35.2. The monoisotopic (exact) mass is 770 g/mol. The summed E-state index contributed by atoms with van der Waals surface area (Å²) in [6, 6.07) is 0. The van der Waals surface area contributed by atoms with Crippen molar-refractivity contribution in [3.05, 3.63) is 10.2 Å². The average Bonchev–Trinajstić information content (AvgIpc) is 2.82. The number of halogens is 1. The summed E-state index contributed by atoms with van der Waals surface area (Å²) in [5.74, 6) is -0.260. The summed E-state index contributed by atoms with van der Waals surface area (Å²) < 4.78 is 42.8. The maximum atomic E-state index is 12.3. The van der Waals surface area contributed by atoms with Crippen LogP contribution in [0.5, 0.6) is 0 Å². The predicted molar refractivity (Wildman–Crippen MR) is 193 cm³/mol. The second-order valence-corrected chi connectivity index (χ2v) is 32.1. The van der Waals surface area contributed by atoms with Gasteiger partial charge in [-0.05, 0) is 77.4 Å². The van der Waals surface area contributed by atoms with Gasteiger partial charge in [-0.25, -0.2) is 0 Å². The van der Waals surface area contributed by atoms with Gasteiger partial charge in [0, 0.05) is 0 Å². The van der Waals surface area contributed by atoms with Crippen LogP contribution in [0.2, 0.25) is 54.4 Å². The van der Waals surface area contributed by atoms with Crippen molar-refractivity contribution in [1.29, 1.82) is 0 Å². The van der Waals surface area contributed by atoms with Crippen molar-refractivity contribution in [2.75, 3.05) is 7.11 Å². The van der Waals surface area contributed by atoms with Crippen LogP contribution in [-0.4, -0.2) is 80.8 Å². The van der Waals surface area contributed by atoms with E-state index in [9.17, 15) is 4.79 Å². The molecular weight excluding hydrogens is 708 g/mol. The van der Waals surface area contributed by atoms with Gasteiger partial charge in [0.2, 0.25) is 0 Å². The molecule has 0 amide bonds. The van der Waals surface area contributed by atoms with Gasteiger partial charge >= 0.3 is 5.97 Å². The highest BCUT2D eigenvalue weighted by Gasteiger charge is 2.57. The molecule has 11 heteroatoms. The number of rotatable bonds is 10. The van der Waals surface area contributed by atoms with Crippen LogP contribution in [0.25, 0.3) is 0 Å². The summed E-state index contributed by atoms with van der Waals surface area (Å²) in [6.45, 7) is 34.1. The van der Waals surface area contributed by atoms with Crippen molar-refractivity contribution < 1.29 is 32.3 Å². The summed E-state index contributed by atoms with van der Waals surface area (Å²) >= 11 is 2.29. The van der Waals surface area contributed by atoms with E-state index in [4.69, 9.17) is 27.5 Å². The van der Waals surface area contributed by atoms with Gasteiger partial charge in [-0.3, -0.25) is 4.79 Å². The number of esters is 1. The molecule has 0 radical (unpaired) electrons. The zero-order chi connectivity index (χ0) is 33.4. The standard InChI is InChI=1S/C32H63IO7Si3/c1-30(2,3)41(11,12)38-24(19-20-33)27-29(40-43(15,16)32(7,8)9)28(39-42(13,14)31(4,5)6)26-23(37-27)18-17-22(36-26)21-25(34)35-10/h19-20,22-24,26-29H,17-18,21H2,1-16H3/b20-19+/t22-,23-,24-,26-,27-,28-,29+/m0/s1. The van der Waals surface area contributed by atoms with E-state index in [2.05, 4.69) is 130 Å². The third-order valence-electron chi connectivity index (χ3n) is 10.7. The number of ether oxygens (including phenoxy) is 3. The van der Waals surface area contributed by atoms with Gasteiger partial charge in [0.15, 0.2) is 25.0 Å². The fourth-order valence-corrected chi connectivity index (χ4v) is 9.03. The second kappa shape index (κ2) is 14.2. The fourth-order valence-electron chi connectivity index (χ4n) is 4.77. The van der Waals surface area contributed by atoms with E-state index in [0.717, 1.165) is 12.8 Å². The van der Waals surface area contributed by atoms with Gasteiger partial charge in [0.1, 0.15) is 24.4 Å². The van der Waals surface area contributed by atoms with Crippen molar-refractivity contribution in [2.24, 2.45) is 0 Å². The van der Waals surface area contributed by atoms with Gasteiger partial charge in [-0.15, -0.1) is 0 Å². The minimum atomic E-state index is -2.31. The quantitative estimate of drug-likeness (QED) is 0.125. The maximum absolute atomic E-state index is 12.3. The molecule has 2 rings (SSSR count). The predicted octanol–water partition coefficient (Wildman–Crippen LogP) is 8.98. The van der Waals surface area contributed by atoms with Crippen LogP contribution in [-0.2, 0) is 32.3 Å². The van der Waals surface area contributed by atoms with Crippen molar-refractivity contribution in [3.8, 4) is 0 Å². The first-order valence-electron chi connectivity index (χ1n) is 16.0. The Morgan fingerprint density at radius 2 is 1.30 bits per heavy atom. The molecule has 2 fully saturated rings. The molecular formula is C32H63IO7Si3. The number of methoxy groups -OCH3 is 1. The molecule has 0 aromatic rings. The highest BCUT2D eigenvalue weighted by atomic mass is 127. The van der Waals surface area contributed by atoms with E-state index in [0.29, 0.717) is 0 Å². The van der Waals surface area contributed by atoms with Crippen molar-refractivity contribution in [3.63, 3.8) is 0 Å². The Morgan fingerprint density at radius 3 is 1.74 bits per heavy atom. The third-order valence-corrected chi connectivity index (χ3v) is 24.5. The molecule has 252 valence electrons. The second-order valence-electron chi connectivity index (χ2n) is 17.1. The van der Waals surface area contributed by atoms with Crippen LogP contribution in [0.1, 0.15) is 81.6 Å². The van der Waals surface area contributed by atoms with Crippen LogP contribution < -0.4 is 0 Å². The molecule has 43 heavy (non-hydrogen) atoms. The topological polar surface area (TPSA) is 72.5 Å². The molecule has 7 nitrogen and oxygen atoms in total. The molecule has 0 aromatic carbocycles. The van der Waals surface area contributed by atoms with Crippen LogP contribution >= 0.6 is 22.6 Å². The molecule has 0 spiro atoms. The van der Waals surface area contributed by atoms with Gasteiger partial charge in [0.25, 0.3) is 0 Å². The van der Waals surface area contributed by atoms with Gasteiger partial charge < -0.3 is 27.5 Å². The van der Waals surface area contributed by atoms with Crippen LogP contribution in [0, 0.1) is 0 Å². The number of fused-ring (bicyclic) bond motifs is 1. The molecule has 2 aliphatic rings. The first kappa shape index (κ1) is 39.6. The largest absolute Gasteiger partial charge is 0.469 e. The van der Waals surface area contributed by atoms with Crippen LogP contribution in [0.3, 0.4) is 0 Å². The van der Waals surface area contributed by atoms with E-state index in [1.165, 1.54) is 7.11 Å². The molecule has 0 aromatic heterocycles. The van der Waals surface area contributed by atoms with E-state index in [1.54, 1.807) is 0 Å². The normalized spacial score (nSPS) is 29.0. The highest BCUT2D eigenvalue weighted by molar-refractivity contribution is 14.1. The fraction of sp³-hybridized carbons (Fsp3) is 0.906. The summed E-state index contributed by atoms with van der Waals surface area (Å²) in [6.07, 6.45) is 1.61. The minimum absolute atomic E-state index is 0.0168. The lowest BCUT2D eigenvalue weighted by Gasteiger charge is -2.56. The van der Waals surface area contributed by atoms with Crippen molar-refractivity contribution in [2.45, 2.75) is 179 Å². The van der Waals surface area contributed by atoms with E-state index < -0.39 is 31.1 Å². The van der Waals surface area contributed by atoms with Crippen molar-refractivity contribution in [1.82, 2.24) is 0 Å². The molecule has 2 saturated heterocycles. The number of carbonyl (C=O) groups is 1. The third kappa shape index (κ3) is 9.71. The van der Waals surface area contributed by atoms with E-state index >= 15 is 0 Å². The number of carbonyl (C=O) groups excluding carboxylic acids is 1. The zero-order valence-electron chi connectivity index (χ0n) is 30.1. The molecule has 7 atom stereocenters. The van der Waals surface area contributed by atoms with Crippen LogP contribution in [0.4, 0.5) is 0 Å². The lowest BCUT2D eigenvalue weighted by molar-refractivity contribution is -0.266. The average molecular weight is 771 g/mol. The molecule has 0 N–H and O–H groups in total. The van der Waals surface area contributed by atoms with Gasteiger partial charge in [0.05, 0.1) is 31.8 Å². The summed E-state index contributed by atoms with van der Waals surface area (Å²) in [7, 11) is -5.36. The SMILES string of the molecule is COC(=O)C[C@@H]1CC[C@@H]2O[C@@H]([C@H](/C=C/I)O[Si](C)(C)C(C)(C)C)[C@@H](O[Si](C)(C)C(C)(C)C)[C@@H](O[Si](C)(C)C(C)(C)C)[C@H]2O1. The Bertz CT molecular complexity index is 965. The Kier molecular flexibility index (Phi) is 13.1. The smallest absolute Gasteiger partial charge is 0.308 e. The molecule has 2 heterocycles. The number of hydrogen-bond acceptors (Lipinski definition) is 7. The number of hydrogen-bond donors (Lipinski definition) is 0. The maximum Gasteiger partial charge on any atom is 0.308 e. The minimum Gasteiger partial charge on any atom is -0.469 e. The first-order chi connectivity index (χ1) is 19.3. The molecule has 2 aliphatic heterocycles. The molecule has 0 unspecified atom stereocenters. The Morgan fingerprint density at radius 1 is 0.814 bits per heavy atom. The Balaban J connectivity index is 2.73. The molecule has 0 bridgehead atoms. The van der Waals surface area contributed by atoms with Gasteiger partial charge in [-0.2, -0.15) is 0 Å². The lowest BCUT2D eigenvalue weighted by Crippen LogP contribution is -2.69. The van der Waals surface area contributed by atoms with Crippen molar-refractivity contribution >= 4 is 53.5 Å². The molecule has 0 aliphatic carbocycles. The highest BCUT2D eigenvalue weighted by Crippen LogP contribution is 2.47. The Hall–Kier alpha value is 0.391. The lowest BCUT2D eigenvalue weighted by atomic mass is 9.87. The summed E-state index contributed by atoms with van der Waals surface area (Å²) in [4.78, 5) is 12.3. The van der Waals surface area contributed by atoms with Gasteiger partial charge in [-0.1, -0.05) is 84.9 Å². The summed E-state index contributed by atoms with van der Waals surface area (Å²) in [5, 5.41) is -0.00778. The Labute approximate surface area is 280 Å². The first-order valence-corrected chi connectivity index (χ1v) is 25.9.